The monoisotopic (exact) mass is 415 g/mol. The van der Waals surface area contributed by atoms with Crippen LogP contribution in [-0.4, -0.2) is 28.8 Å². The van der Waals surface area contributed by atoms with Gasteiger partial charge in [-0.15, -0.1) is 0 Å². The molecule has 0 radical (unpaired) electrons. The molecule has 4 aromatic rings. The summed E-state index contributed by atoms with van der Waals surface area (Å²) in [5.41, 5.74) is 1.73. The third-order valence-corrected chi connectivity index (χ3v) is 4.55. The van der Waals surface area contributed by atoms with Gasteiger partial charge in [-0.3, -0.25) is 0 Å². The van der Waals surface area contributed by atoms with Crippen LogP contribution in [0.15, 0.2) is 91.0 Å². The Morgan fingerprint density at radius 2 is 1.52 bits per heavy atom. The van der Waals surface area contributed by atoms with E-state index in [0.29, 0.717) is 23.9 Å². The second-order valence-corrected chi connectivity index (χ2v) is 6.83. The lowest BCUT2D eigenvalue weighted by Gasteiger charge is -2.16. The summed E-state index contributed by atoms with van der Waals surface area (Å²) in [6, 6.07) is 27.7. The van der Waals surface area contributed by atoms with Crippen molar-refractivity contribution in [1.82, 2.24) is 4.98 Å². The van der Waals surface area contributed by atoms with Crippen LogP contribution in [-0.2, 0) is 11.4 Å². The average Bonchev–Trinajstić information content (AvgIpc) is 2.81. The van der Waals surface area contributed by atoms with Crippen molar-refractivity contribution in [3.05, 3.63) is 96.7 Å². The summed E-state index contributed by atoms with van der Waals surface area (Å²) in [5.74, 6) is 0.465. The van der Waals surface area contributed by atoms with Crippen LogP contribution in [0, 0.1) is 0 Å². The third kappa shape index (κ3) is 5.51. The molecule has 1 atom stereocenters. The highest BCUT2D eigenvalue weighted by molar-refractivity contribution is 5.78. The number of hydrogen-bond donors (Lipinski definition) is 1. The highest BCUT2D eigenvalue weighted by Crippen LogP contribution is 2.21. The first-order chi connectivity index (χ1) is 15.2. The Morgan fingerprint density at radius 1 is 0.806 bits per heavy atom. The van der Waals surface area contributed by atoms with E-state index < -0.39 is 12.1 Å². The first-order valence-electron chi connectivity index (χ1n) is 9.82. The number of fused-ring (bicyclic) bond motifs is 1. The number of carboxylic acids is 1. The summed E-state index contributed by atoms with van der Waals surface area (Å²) in [6.45, 7) is 0.170. The molecule has 0 fully saturated rings. The molecule has 0 aliphatic rings. The van der Waals surface area contributed by atoms with Crippen LogP contribution in [0.3, 0.4) is 0 Å². The lowest BCUT2D eigenvalue weighted by atomic mass is 10.2. The van der Waals surface area contributed by atoms with Crippen LogP contribution >= 0.6 is 0 Å². The maximum Gasteiger partial charge on any atom is 0.348 e. The van der Waals surface area contributed by atoms with Crippen LogP contribution in [0.2, 0.25) is 0 Å². The lowest BCUT2D eigenvalue weighted by molar-refractivity contribution is -0.146. The number of aliphatic carboxylic acids is 1. The fourth-order valence-electron chi connectivity index (χ4n) is 2.99. The first kappa shape index (κ1) is 20.2. The Hall–Kier alpha value is -4.06. The number of carboxylic acid groups (broad SMARTS) is 1. The fourth-order valence-corrected chi connectivity index (χ4v) is 2.99. The average molecular weight is 415 g/mol. The first-order valence-corrected chi connectivity index (χ1v) is 9.82. The van der Waals surface area contributed by atoms with Crippen molar-refractivity contribution < 1.29 is 24.1 Å². The van der Waals surface area contributed by atoms with Gasteiger partial charge in [0, 0.05) is 11.5 Å². The van der Waals surface area contributed by atoms with Crippen molar-refractivity contribution in [2.45, 2.75) is 12.7 Å². The smallest absolute Gasteiger partial charge is 0.348 e. The van der Waals surface area contributed by atoms with E-state index in [4.69, 9.17) is 14.2 Å². The largest absolute Gasteiger partial charge is 0.489 e. The Bertz CT molecular complexity index is 1160. The zero-order valence-electron chi connectivity index (χ0n) is 16.7. The molecule has 0 saturated carbocycles. The van der Waals surface area contributed by atoms with Crippen LogP contribution in [0.5, 0.6) is 17.2 Å². The number of rotatable bonds is 9. The number of carbonyl (C=O) groups is 1. The van der Waals surface area contributed by atoms with Crippen LogP contribution in [0.25, 0.3) is 10.9 Å². The molecule has 0 aliphatic heterocycles. The van der Waals surface area contributed by atoms with Gasteiger partial charge in [-0.05, 0) is 36.4 Å². The quantitative estimate of drug-likeness (QED) is 0.426. The number of aromatic nitrogens is 1. The molecule has 6 heteroatoms. The molecule has 4 rings (SSSR count). The minimum Gasteiger partial charge on any atom is -0.489 e. The normalized spacial score (nSPS) is 11.6. The molecule has 6 nitrogen and oxygen atoms in total. The molecule has 1 unspecified atom stereocenters. The van der Waals surface area contributed by atoms with Gasteiger partial charge in [0.1, 0.15) is 30.5 Å². The summed E-state index contributed by atoms with van der Waals surface area (Å²) in [5, 5.41) is 10.5. The van der Waals surface area contributed by atoms with E-state index in [0.717, 1.165) is 16.6 Å². The Balaban J connectivity index is 1.36. The van der Waals surface area contributed by atoms with Crippen molar-refractivity contribution in [2.24, 2.45) is 0 Å². The molecular weight excluding hydrogens is 394 g/mol. The summed E-state index contributed by atoms with van der Waals surface area (Å²) >= 11 is 0. The number of hydrogen-bond acceptors (Lipinski definition) is 5. The predicted octanol–water partition coefficient (Wildman–Crippen LogP) is 4.72. The molecule has 0 saturated heterocycles. The molecule has 0 aliphatic carbocycles. The molecule has 0 bridgehead atoms. The molecule has 0 spiro atoms. The fraction of sp³-hybridized carbons (Fsp3) is 0.120. The van der Waals surface area contributed by atoms with Crippen molar-refractivity contribution in [1.29, 1.82) is 0 Å². The van der Waals surface area contributed by atoms with E-state index >= 15 is 0 Å². The van der Waals surface area contributed by atoms with Gasteiger partial charge in [0.2, 0.25) is 6.10 Å². The number of benzene rings is 3. The Morgan fingerprint density at radius 3 is 2.32 bits per heavy atom. The molecule has 1 aromatic heterocycles. The maximum atomic E-state index is 11.5. The van der Waals surface area contributed by atoms with Gasteiger partial charge in [0.15, 0.2) is 0 Å². The standard InChI is InChI=1S/C25H21NO5/c27-25(28)24(31-20-8-2-1-3-9-20)17-30-22-11-6-10-21(15-22)29-16-19-14-13-18-7-4-5-12-23(18)26-19/h1-15,24H,16-17H2,(H,27,28). The summed E-state index contributed by atoms with van der Waals surface area (Å²) in [7, 11) is 0. The van der Waals surface area contributed by atoms with E-state index in [2.05, 4.69) is 4.98 Å². The van der Waals surface area contributed by atoms with Crippen LogP contribution in [0.4, 0.5) is 0 Å². The van der Waals surface area contributed by atoms with E-state index in [1.807, 2.05) is 48.5 Å². The minimum absolute atomic E-state index is 0.139. The minimum atomic E-state index is -1.13. The molecule has 1 N–H and O–H groups in total. The van der Waals surface area contributed by atoms with Crippen molar-refractivity contribution >= 4 is 16.9 Å². The van der Waals surface area contributed by atoms with Gasteiger partial charge in [-0.1, -0.05) is 48.5 Å². The van der Waals surface area contributed by atoms with E-state index in [-0.39, 0.29) is 6.61 Å². The Kier molecular flexibility index (Phi) is 6.28. The van der Waals surface area contributed by atoms with E-state index in [1.165, 1.54) is 0 Å². The number of ether oxygens (including phenoxy) is 3. The number of pyridine rings is 1. The van der Waals surface area contributed by atoms with Gasteiger partial charge in [0.25, 0.3) is 0 Å². The van der Waals surface area contributed by atoms with Gasteiger partial charge in [0.05, 0.1) is 11.2 Å². The van der Waals surface area contributed by atoms with Crippen molar-refractivity contribution in [2.75, 3.05) is 6.61 Å². The number of para-hydroxylation sites is 2. The van der Waals surface area contributed by atoms with Crippen molar-refractivity contribution in [3.63, 3.8) is 0 Å². The van der Waals surface area contributed by atoms with Crippen molar-refractivity contribution in [3.8, 4) is 17.2 Å². The molecular formula is C25H21NO5. The second-order valence-electron chi connectivity index (χ2n) is 6.83. The SMILES string of the molecule is O=C(O)C(COc1cccc(OCc2ccc3ccccc3n2)c1)Oc1ccccc1. The molecule has 1 heterocycles. The topological polar surface area (TPSA) is 77.9 Å². The highest BCUT2D eigenvalue weighted by Gasteiger charge is 2.20. The summed E-state index contributed by atoms with van der Waals surface area (Å²) < 4.78 is 17.0. The summed E-state index contributed by atoms with van der Waals surface area (Å²) in [6.07, 6.45) is -1.13. The van der Waals surface area contributed by atoms with E-state index in [1.54, 1.807) is 42.5 Å². The second kappa shape index (κ2) is 9.63. The molecule has 156 valence electrons. The van der Waals surface area contributed by atoms with Gasteiger partial charge < -0.3 is 19.3 Å². The van der Waals surface area contributed by atoms with E-state index in [9.17, 15) is 9.90 Å². The van der Waals surface area contributed by atoms with Crippen LogP contribution < -0.4 is 14.2 Å². The maximum absolute atomic E-state index is 11.5. The van der Waals surface area contributed by atoms with Gasteiger partial charge in [-0.25, -0.2) is 9.78 Å². The molecule has 3 aromatic carbocycles. The third-order valence-electron chi connectivity index (χ3n) is 4.55. The zero-order chi connectivity index (χ0) is 21.5. The molecule has 0 amide bonds. The zero-order valence-corrected chi connectivity index (χ0v) is 16.7. The van der Waals surface area contributed by atoms with Gasteiger partial charge >= 0.3 is 5.97 Å². The summed E-state index contributed by atoms with van der Waals surface area (Å²) in [4.78, 5) is 16.1. The van der Waals surface area contributed by atoms with Gasteiger partial charge in [-0.2, -0.15) is 0 Å². The lowest BCUT2D eigenvalue weighted by Crippen LogP contribution is -2.33. The molecule has 31 heavy (non-hydrogen) atoms. The number of nitrogens with zero attached hydrogens (tertiary/aromatic N) is 1. The predicted molar refractivity (Wildman–Crippen MR) is 117 cm³/mol. The Labute approximate surface area is 179 Å². The van der Waals surface area contributed by atoms with Crippen LogP contribution in [0.1, 0.15) is 5.69 Å². The highest BCUT2D eigenvalue weighted by atomic mass is 16.6.